The second kappa shape index (κ2) is 4.61. The number of H-pyrrole nitrogens is 1. The van der Waals surface area contributed by atoms with Crippen molar-refractivity contribution in [2.24, 2.45) is 0 Å². The fourth-order valence-electron chi connectivity index (χ4n) is 2.83. The summed E-state index contributed by atoms with van der Waals surface area (Å²) < 4.78 is 2.18. The molecule has 1 atom stereocenters. The third kappa shape index (κ3) is 1.75. The summed E-state index contributed by atoms with van der Waals surface area (Å²) in [6.45, 7) is 0.960. The van der Waals surface area contributed by atoms with Crippen molar-refractivity contribution in [2.45, 2.75) is 12.5 Å². The minimum Gasteiger partial charge on any atom is -0.348 e. The lowest BCUT2D eigenvalue weighted by Crippen LogP contribution is -2.32. The Bertz CT molecular complexity index is 713. The van der Waals surface area contributed by atoms with Gasteiger partial charge >= 0.3 is 0 Å². The van der Waals surface area contributed by atoms with Crippen LogP contribution in [0.4, 0.5) is 0 Å². The van der Waals surface area contributed by atoms with E-state index in [0.717, 1.165) is 24.3 Å². The van der Waals surface area contributed by atoms with Crippen molar-refractivity contribution in [3.63, 3.8) is 0 Å². The Morgan fingerprint density at radius 2 is 2.10 bits per heavy atom. The van der Waals surface area contributed by atoms with E-state index in [1.807, 2.05) is 24.5 Å². The van der Waals surface area contributed by atoms with Crippen LogP contribution in [-0.2, 0) is 6.42 Å². The predicted molar refractivity (Wildman–Crippen MR) is 75.7 cm³/mol. The average molecular weight is 265 g/mol. The number of aromatic amines is 1. The second-order valence-corrected chi connectivity index (χ2v) is 4.91. The van der Waals surface area contributed by atoms with Gasteiger partial charge in [-0.3, -0.25) is 4.98 Å². The molecule has 1 aliphatic heterocycles. The van der Waals surface area contributed by atoms with Crippen molar-refractivity contribution < 1.29 is 0 Å². The molecule has 0 saturated carbocycles. The van der Waals surface area contributed by atoms with E-state index in [1.54, 1.807) is 6.33 Å². The molecule has 0 spiro atoms. The van der Waals surface area contributed by atoms with Gasteiger partial charge in [-0.15, -0.1) is 0 Å². The molecule has 1 aliphatic rings. The van der Waals surface area contributed by atoms with Crippen molar-refractivity contribution >= 4 is 0 Å². The smallest absolute Gasteiger partial charge is 0.0927 e. The summed E-state index contributed by atoms with van der Waals surface area (Å²) >= 11 is 0. The zero-order valence-electron chi connectivity index (χ0n) is 11.0. The molecule has 20 heavy (non-hydrogen) atoms. The predicted octanol–water partition coefficient (Wildman–Crippen LogP) is 1.83. The van der Waals surface area contributed by atoms with Gasteiger partial charge < -0.3 is 14.9 Å². The van der Waals surface area contributed by atoms with Gasteiger partial charge in [0.2, 0.25) is 0 Å². The Labute approximate surface area is 116 Å². The Hall–Kier alpha value is -2.40. The van der Waals surface area contributed by atoms with Crippen LogP contribution < -0.4 is 5.32 Å². The quantitative estimate of drug-likeness (QED) is 0.743. The molecule has 0 aliphatic carbocycles. The molecule has 0 aromatic carbocycles. The van der Waals surface area contributed by atoms with E-state index in [-0.39, 0.29) is 6.04 Å². The van der Waals surface area contributed by atoms with E-state index in [9.17, 15) is 0 Å². The van der Waals surface area contributed by atoms with Gasteiger partial charge in [0.15, 0.2) is 0 Å². The Balaban J connectivity index is 1.81. The van der Waals surface area contributed by atoms with Gasteiger partial charge in [-0.2, -0.15) is 0 Å². The van der Waals surface area contributed by atoms with E-state index in [4.69, 9.17) is 0 Å². The number of nitrogens with zero attached hydrogens (tertiary/aromatic N) is 3. The maximum absolute atomic E-state index is 4.49. The SMILES string of the molecule is c1cc([C@@H]2NCCc3[nH]cnc32)n(-c2ccncc2)c1. The first-order chi connectivity index (χ1) is 9.93. The molecular weight excluding hydrogens is 250 g/mol. The number of pyridine rings is 1. The lowest BCUT2D eigenvalue weighted by molar-refractivity contribution is 0.537. The molecular formula is C15H15N5. The Kier molecular flexibility index (Phi) is 2.63. The number of fused-ring (bicyclic) bond motifs is 1. The summed E-state index contributed by atoms with van der Waals surface area (Å²) in [6.07, 6.45) is 8.49. The summed E-state index contributed by atoms with van der Waals surface area (Å²) in [7, 11) is 0. The molecule has 0 bridgehead atoms. The van der Waals surface area contributed by atoms with Gasteiger partial charge in [-0.1, -0.05) is 0 Å². The molecule has 0 unspecified atom stereocenters. The Morgan fingerprint density at radius 1 is 1.20 bits per heavy atom. The fourth-order valence-corrected chi connectivity index (χ4v) is 2.83. The standard InChI is InChI=1S/C15H15N5/c1-2-13(20(9-1)11-3-6-16-7-4-11)15-14-12(5-8-17-15)18-10-19-14/h1-4,6-7,9-10,15,17H,5,8H2,(H,18,19)/t15-/m0/s1. The molecule has 5 heteroatoms. The van der Waals surface area contributed by atoms with Crippen LogP contribution in [0.1, 0.15) is 23.1 Å². The van der Waals surface area contributed by atoms with Gasteiger partial charge in [-0.25, -0.2) is 4.98 Å². The van der Waals surface area contributed by atoms with Crippen LogP contribution in [0.15, 0.2) is 49.2 Å². The molecule has 0 radical (unpaired) electrons. The van der Waals surface area contributed by atoms with Gasteiger partial charge in [0.25, 0.3) is 0 Å². The summed E-state index contributed by atoms with van der Waals surface area (Å²) in [4.78, 5) is 11.8. The highest BCUT2D eigenvalue weighted by Gasteiger charge is 2.25. The van der Waals surface area contributed by atoms with Crippen molar-refractivity contribution in [3.05, 3.63) is 66.3 Å². The highest BCUT2D eigenvalue weighted by Crippen LogP contribution is 2.28. The topological polar surface area (TPSA) is 58.5 Å². The number of hydrogen-bond acceptors (Lipinski definition) is 3. The number of imidazole rings is 1. The van der Waals surface area contributed by atoms with Gasteiger partial charge in [0.05, 0.1) is 18.1 Å². The maximum Gasteiger partial charge on any atom is 0.0927 e. The minimum atomic E-state index is 0.133. The first-order valence-corrected chi connectivity index (χ1v) is 6.76. The highest BCUT2D eigenvalue weighted by atomic mass is 15.1. The summed E-state index contributed by atoms with van der Waals surface area (Å²) in [5.41, 5.74) is 4.65. The molecule has 5 nitrogen and oxygen atoms in total. The molecule has 0 amide bonds. The maximum atomic E-state index is 4.49. The van der Waals surface area contributed by atoms with Gasteiger partial charge in [0.1, 0.15) is 0 Å². The molecule has 4 rings (SSSR count). The molecule has 2 N–H and O–H groups in total. The van der Waals surface area contributed by atoms with Crippen molar-refractivity contribution in [2.75, 3.05) is 6.54 Å². The van der Waals surface area contributed by atoms with E-state index < -0.39 is 0 Å². The van der Waals surface area contributed by atoms with E-state index in [0.29, 0.717) is 0 Å². The summed E-state index contributed by atoms with van der Waals surface area (Å²) in [5.74, 6) is 0. The van der Waals surface area contributed by atoms with E-state index >= 15 is 0 Å². The van der Waals surface area contributed by atoms with Crippen LogP contribution in [-0.4, -0.2) is 26.1 Å². The van der Waals surface area contributed by atoms with E-state index in [1.165, 1.54) is 11.4 Å². The zero-order chi connectivity index (χ0) is 13.4. The van der Waals surface area contributed by atoms with E-state index in [2.05, 4.69) is 43.2 Å². The second-order valence-electron chi connectivity index (χ2n) is 4.91. The average Bonchev–Trinajstić information content (AvgIpc) is 3.16. The van der Waals surface area contributed by atoms with Crippen molar-refractivity contribution in [1.82, 2.24) is 24.8 Å². The van der Waals surface area contributed by atoms with Crippen LogP contribution >= 0.6 is 0 Å². The lowest BCUT2D eigenvalue weighted by atomic mass is 10.0. The van der Waals surface area contributed by atoms with Crippen LogP contribution in [0, 0.1) is 0 Å². The van der Waals surface area contributed by atoms with Crippen molar-refractivity contribution in [3.8, 4) is 5.69 Å². The molecule has 3 aromatic heterocycles. The third-order valence-electron chi connectivity index (χ3n) is 3.77. The zero-order valence-corrected chi connectivity index (χ0v) is 11.0. The lowest BCUT2D eigenvalue weighted by Gasteiger charge is -2.24. The molecule has 0 saturated heterocycles. The number of aromatic nitrogens is 4. The first-order valence-electron chi connectivity index (χ1n) is 6.76. The summed E-state index contributed by atoms with van der Waals surface area (Å²) in [5, 5.41) is 3.56. The Morgan fingerprint density at radius 3 is 3.00 bits per heavy atom. The minimum absolute atomic E-state index is 0.133. The molecule has 3 aromatic rings. The van der Waals surface area contributed by atoms with Crippen LogP contribution in [0.2, 0.25) is 0 Å². The highest BCUT2D eigenvalue weighted by molar-refractivity contribution is 5.37. The fraction of sp³-hybridized carbons (Fsp3) is 0.200. The third-order valence-corrected chi connectivity index (χ3v) is 3.77. The van der Waals surface area contributed by atoms with Crippen LogP contribution in [0.5, 0.6) is 0 Å². The number of hydrogen-bond donors (Lipinski definition) is 2. The van der Waals surface area contributed by atoms with Gasteiger partial charge in [0, 0.05) is 48.6 Å². The molecule has 4 heterocycles. The molecule has 100 valence electrons. The van der Waals surface area contributed by atoms with Crippen molar-refractivity contribution in [1.29, 1.82) is 0 Å². The number of nitrogens with one attached hydrogen (secondary N) is 2. The van der Waals surface area contributed by atoms with Crippen LogP contribution in [0.25, 0.3) is 5.69 Å². The monoisotopic (exact) mass is 265 g/mol. The largest absolute Gasteiger partial charge is 0.348 e. The van der Waals surface area contributed by atoms with Crippen LogP contribution in [0.3, 0.4) is 0 Å². The normalized spacial score (nSPS) is 17.9. The van der Waals surface area contributed by atoms with Gasteiger partial charge in [-0.05, 0) is 24.3 Å². The summed E-state index contributed by atoms with van der Waals surface area (Å²) in [6, 6.07) is 8.36. The molecule has 0 fully saturated rings. The number of rotatable bonds is 2. The first kappa shape index (κ1) is 11.4.